The van der Waals surface area contributed by atoms with Crippen LogP contribution in [0.5, 0.6) is 0 Å². The molecule has 230 valence electrons. The Labute approximate surface area is 248 Å². The van der Waals surface area contributed by atoms with E-state index in [2.05, 4.69) is 11.9 Å². The molecule has 0 radical (unpaired) electrons. The van der Waals surface area contributed by atoms with Crippen molar-refractivity contribution in [3.8, 4) is 0 Å². The highest BCUT2D eigenvalue weighted by Gasteiger charge is 2.40. The minimum atomic E-state index is -2.65. The summed E-state index contributed by atoms with van der Waals surface area (Å²) in [6, 6.07) is 0. The first kappa shape index (κ1) is 33.6. The second-order valence-corrected chi connectivity index (χ2v) is 13.4. The van der Waals surface area contributed by atoms with Crippen LogP contribution in [0.3, 0.4) is 0 Å². The van der Waals surface area contributed by atoms with Crippen molar-refractivity contribution in [2.45, 2.75) is 88.7 Å². The molecule has 1 aliphatic carbocycles. The van der Waals surface area contributed by atoms with Gasteiger partial charge < -0.3 is 25.6 Å². The number of likely N-dealkylation sites (tertiary alicyclic amines) is 2. The van der Waals surface area contributed by atoms with E-state index in [1.54, 1.807) is 15.9 Å². The summed E-state index contributed by atoms with van der Waals surface area (Å²) >= 11 is 1.46. The van der Waals surface area contributed by atoms with Crippen LogP contribution in [-0.2, 0) is 23.5 Å². The van der Waals surface area contributed by atoms with E-state index in [0.29, 0.717) is 50.5 Å². The molecule has 4 N–H and O–H groups in total. The fourth-order valence-corrected chi connectivity index (χ4v) is 7.38. The molecule has 3 rings (SSSR count). The number of nitrogens with zero attached hydrogens (tertiary/aromatic N) is 2. The number of unbranched alkanes of at least 4 members (excludes halogenated alkanes) is 2. The van der Waals surface area contributed by atoms with E-state index in [9.17, 15) is 24.1 Å². The number of rotatable bonds is 16. The van der Waals surface area contributed by atoms with Crippen molar-refractivity contribution in [2.24, 2.45) is 17.8 Å². The summed E-state index contributed by atoms with van der Waals surface area (Å²) < 4.78 is 15.7. The Morgan fingerprint density at radius 2 is 1.98 bits per heavy atom. The topological polar surface area (TPSA) is 160 Å². The minimum absolute atomic E-state index is 0.0178. The maximum absolute atomic E-state index is 12.7. The molecular formula is C28H46N4O7PS+. The summed E-state index contributed by atoms with van der Waals surface area (Å²) in [7, 11) is -2.65. The molecule has 0 aromatic rings. The van der Waals surface area contributed by atoms with Gasteiger partial charge in [-0.05, 0) is 50.9 Å². The van der Waals surface area contributed by atoms with Gasteiger partial charge in [0.25, 0.3) is 0 Å². The third-order valence-electron chi connectivity index (χ3n) is 8.48. The fraction of sp³-hybridized carbons (Fsp3) is 0.786. The molecule has 0 aromatic carbocycles. The largest absolute Gasteiger partial charge is 0.695 e. The number of carbonyl (C=O) groups excluding carboxylic acids is 3. The van der Waals surface area contributed by atoms with Crippen LogP contribution >= 0.6 is 20.0 Å². The summed E-state index contributed by atoms with van der Waals surface area (Å²) in [6.45, 7) is 7.62. The molecule has 1 saturated carbocycles. The van der Waals surface area contributed by atoms with E-state index in [-0.39, 0.29) is 53.2 Å². The van der Waals surface area contributed by atoms with E-state index in [4.69, 9.17) is 14.8 Å². The summed E-state index contributed by atoms with van der Waals surface area (Å²) in [5.74, 6) is 0.736. The summed E-state index contributed by atoms with van der Waals surface area (Å²) in [4.78, 5) is 49.7. The van der Waals surface area contributed by atoms with Gasteiger partial charge in [-0.15, -0.1) is 27.8 Å². The molecule has 41 heavy (non-hydrogen) atoms. The van der Waals surface area contributed by atoms with Crippen LogP contribution in [0.15, 0.2) is 12.7 Å². The molecule has 3 fully saturated rings. The monoisotopic (exact) mass is 613 g/mol. The average Bonchev–Trinajstić information content (AvgIpc) is 3.52. The highest BCUT2D eigenvalue weighted by Crippen LogP contribution is 2.34. The summed E-state index contributed by atoms with van der Waals surface area (Å²) in [6.07, 6.45) is 7.36. The van der Waals surface area contributed by atoms with Crippen molar-refractivity contribution in [3.05, 3.63) is 12.7 Å². The zero-order valence-corrected chi connectivity index (χ0v) is 25.8. The van der Waals surface area contributed by atoms with Gasteiger partial charge in [-0.3, -0.25) is 14.4 Å². The fourth-order valence-electron chi connectivity index (χ4n) is 5.71. The molecule has 2 aliphatic heterocycles. The first-order valence-electron chi connectivity index (χ1n) is 14.8. The molecule has 4 unspecified atom stereocenters. The third-order valence-corrected chi connectivity index (χ3v) is 10.3. The number of nitrogens with one attached hydrogen (secondary N) is 2. The zero-order chi connectivity index (χ0) is 29.9. The van der Waals surface area contributed by atoms with E-state index in [1.807, 2.05) is 6.92 Å². The lowest BCUT2D eigenvalue weighted by atomic mass is 9.81. The number of amides is 3. The Balaban J connectivity index is 1.25. The van der Waals surface area contributed by atoms with Crippen molar-refractivity contribution in [1.82, 2.24) is 15.1 Å². The summed E-state index contributed by atoms with van der Waals surface area (Å²) in [5, 5.41) is 21.7. The number of thioether (sulfide) groups is 1. The van der Waals surface area contributed by atoms with Crippen LogP contribution in [0.1, 0.15) is 71.1 Å². The van der Waals surface area contributed by atoms with Crippen molar-refractivity contribution >= 4 is 43.4 Å². The van der Waals surface area contributed by atoms with Crippen molar-refractivity contribution < 1.29 is 33.5 Å². The van der Waals surface area contributed by atoms with E-state index >= 15 is 0 Å². The summed E-state index contributed by atoms with van der Waals surface area (Å²) in [5.41, 5.74) is 0.540. The van der Waals surface area contributed by atoms with Gasteiger partial charge in [0.05, 0.1) is 11.8 Å². The Bertz CT molecular complexity index is 962. The van der Waals surface area contributed by atoms with Gasteiger partial charge in [0, 0.05) is 60.3 Å². The molecule has 11 nitrogen and oxygen atoms in total. The Morgan fingerprint density at radius 1 is 1.24 bits per heavy atom. The van der Waals surface area contributed by atoms with Crippen molar-refractivity contribution in [2.75, 3.05) is 31.9 Å². The molecule has 13 heteroatoms. The number of aliphatic hydroxyl groups is 1. The van der Waals surface area contributed by atoms with E-state index in [1.165, 1.54) is 11.8 Å². The highest BCUT2D eigenvalue weighted by atomic mass is 32.2. The number of hydrogen-bond donors (Lipinski definition) is 4. The van der Waals surface area contributed by atoms with Gasteiger partial charge >= 0.3 is 8.25 Å². The lowest BCUT2D eigenvalue weighted by Gasteiger charge is -2.32. The molecule has 2 saturated heterocycles. The highest BCUT2D eigenvalue weighted by molar-refractivity contribution is 8.00. The van der Waals surface area contributed by atoms with Gasteiger partial charge in [-0.1, -0.05) is 19.4 Å². The number of aliphatic hydroxyl groups excluding tert-OH is 1. The average molecular weight is 614 g/mol. The van der Waals surface area contributed by atoms with Crippen LogP contribution in [0.4, 0.5) is 0 Å². The first-order valence-corrected chi connectivity index (χ1v) is 16.9. The second kappa shape index (κ2) is 16.7. The second-order valence-electron chi connectivity index (χ2n) is 11.5. The molecule has 3 amide bonds. The predicted octanol–water partition coefficient (Wildman–Crippen LogP) is 3.23. The first-order chi connectivity index (χ1) is 19.6. The Kier molecular flexibility index (Phi) is 13.7. The molecule has 0 spiro atoms. The smallest absolute Gasteiger partial charge is 0.372 e. The number of hydrogen-bond acceptors (Lipinski definition) is 8. The number of allylic oxidation sites excluding steroid dienone is 1. The SMILES string of the molecule is C=CC(C)C(=N)CSC1CC(=O)N(CC2CCC(C(=O)NCCCCCC(=O)N3CC[C@H](O[P+](=O)O)C3)CC2)C1O. The van der Waals surface area contributed by atoms with Gasteiger partial charge in [0.15, 0.2) is 0 Å². The standard InChI is InChI=1S/C28H45N4O7PS/c1-3-19(2)23(29)18-41-24-15-26(34)32(28(24)36)16-20-8-10-21(11-9-20)27(35)30-13-6-4-5-7-25(33)31-14-12-22(17-31)39-40(37)38/h3,19-22,24,28-29,36H,1,4-18H2,2H3,(H-,30,35,37,38)/p+1/t19?,20?,21?,22-,24?,28?/m0/s1. The molecule has 5 atom stereocenters. The van der Waals surface area contributed by atoms with Gasteiger partial charge in [-0.2, -0.15) is 0 Å². The minimum Gasteiger partial charge on any atom is -0.372 e. The Hall–Kier alpha value is -1.85. The number of carbonyl (C=O) groups is 3. The van der Waals surface area contributed by atoms with E-state index in [0.717, 1.165) is 44.9 Å². The van der Waals surface area contributed by atoms with Crippen LogP contribution in [0.2, 0.25) is 0 Å². The maximum Gasteiger partial charge on any atom is 0.695 e. The van der Waals surface area contributed by atoms with Gasteiger partial charge in [0.1, 0.15) is 12.3 Å². The lowest BCUT2D eigenvalue weighted by molar-refractivity contribution is -0.135. The third kappa shape index (κ3) is 10.4. The van der Waals surface area contributed by atoms with Crippen LogP contribution in [-0.4, -0.2) is 92.7 Å². The normalized spacial score (nSPS) is 27.5. The Morgan fingerprint density at radius 3 is 2.66 bits per heavy atom. The van der Waals surface area contributed by atoms with Crippen molar-refractivity contribution in [3.63, 3.8) is 0 Å². The lowest BCUT2D eigenvalue weighted by Crippen LogP contribution is -2.41. The predicted molar refractivity (Wildman–Crippen MR) is 158 cm³/mol. The van der Waals surface area contributed by atoms with Gasteiger partial charge in [0.2, 0.25) is 17.7 Å². The van der Waals surface area contributed by atoms with E-state index < -0.39 is 14.5 Å². The van der Waals surface area contributed by atoms with Crippen LogP contribution < -0.4 is 5.32 Å². The van der Waals surface area contributed by atoms with Crippen LogP contribution in [0.25, 0.3) is 0 Å². The van der Waals surface area contributed by atoms with Crippen LogP contribution in [0, 0.1) is 23.2 Å². The molecule has 0 aromatic heterocycles. The molecule has 2 heterocycles. The molecule has 3 aliphatic rings. The molecule has 0 bridgehead atoms. The zero-order valence-electron chi connectivity index (χ0n) is 24.0. The van der Waals surface area contributed by atoms with Gasteiger partial charge in [-0.25, -0.2) is 0 Å². The van der Waals surface area contributed by atoms with Crippen molar-refractivity contribution in [1.29, 1.82) is 5.41 Å². The quantitative estimate of drug-likeness (QED) is 0.0894. The maximum atomic E-state index is 12.7. The molecular weight excluding hydrogens is 567 g/mol.